The predicted octanol–water partition coefficient (Wildman–Crippen LogP) is 3.09. The molecule has 1 aliphatic heterocycles. The van der Waals surface area contributed by atoms with Crippen molar-refractivity contribution >= 4 is 5.91 Å². The fourth-order valence-corrected chi connectivity index (χ4v) is 3.93. The van der Waals surface area contributed by atoms with Crippen LogP contribution in [0.2, 0.25) is 0 Å². The summed E-state index contributed by atoms with van der Waals surface area (Å²) in [6.45, 7) is 1.28. The topological polar surface area (TPSA) is 59.0 Å². The number of fused-ring (bicyclic) bond motifs is 1. The quantitative estimate of drug-likeness (QED) is 0.918. The van der Waals surface area contributed by atoms with Gasteiger partial charge >= 0.3 is 0 Å². The zero-order valence-electron chi connectivity index (χ0n) is 14.6. The molecule has 5 nitrogen and oxygen atoms in total. The Morgan fingerprint density at radius 2 is 1.92 bits per heavy atom. The van der Waals surface area contributed by atoms with Crippen LogP contribution in [0.5, 0.6) is 11.5 Å². The molecule has 1 N–H and O–H groups in total. The van der Waals surface area contributed by atoms with Gasteiger partial charge in [0.15, 0.2) is 0 Å². The molecular weight excluding hydrogens is 330 g/mol. The first-order chi connectivity index (χ1) is 12.7. The number of ether oxygens (including phenoxy) is 2. The second kappa shape index (κ2) is 7.48. The lowest BCUT2D eigenvalue weighted by atomic mass is 10.1. The molecular formula is C21H23NO4. The van der Waals surface area contributed by atoms with Gasteiger partial charge in [-0.3, -0.25) is 4.79 Å². The molecule has 1 saturated carbocycles. The number of morpholine rings is 1. The van der Waals surface area contributed by atoms with Crippen molar-refractivity contribution in [3.8, 4) is 11.5 Å². The Morgan fingerprint density at radius 3 is 2.73 bits per heavy atom. The van der Waals surface area contributed by atoms with E-state index in [0.29, 0.717) is 24.5 Å². The van der Waals surface area contributed by atoms with Crippen LogP contribution in [0.3, 0.4) is 0 Å². The molecule has 0 unspecified atom stereocenters. The van der Waals surface area contributed by atoms with Crippen LogP contribution in [0.15, 0.2) is 54.6 Å². The highest BCUT2D eigenvalue weighted by atomic mass is 16.5. The van der Waals surface area contributed by atoms with Crippen LogP contribution in [0.25, 0.3) is 0 Å². The summed E-state index contributed by atoms with van der Waals surface area (Å²) in [6, 6.07) is 16.9. The third-order valence-electron chi connectivity index (χ3n) is 5.21. The molecule has 4 rings (SSSR count). The summed E-state index contributed by atoms with van der Waals surface area (Å²) in [5, 5.41) is 9.46. The highest BCUT2D eigenvalue weighted by molar-refractivity contribution is 5.95. The van der Waals surface area contributed by atoms with E-state index in [9.17, 15) is 9.90 Å². The molecule has 1 amide bonds. The van der Waals surface area contributed by atoms with E-state index >= 15 is 0 Å². The third kappa shape index (κ3) is 3.45. The Labute approximate surface area is 153 Å². The predicted molar refractivity (Wildman–Crippen MR) is 97.3 cm³/mol. The van der Waals surface area contributed by atoms with Gasteiger partial charge in [-0.15, -0.1) is 0 Å². The van der Waals surface area contributed by atoms with Crippen molar-refractivity contribution in [1.29, 1.82) is 0 Å². The van der Waals surface area contributed by atoms with Crippen molar-refractivity contribution in [3.63, 3.8) is 0 Å². The lowest BCUT2D eigenvalue weighted by Gasteiger charge is -2.37. The molecule has 0 radical (unpaired) electrons. The number of hydrogen-bond acceptors (Lipinski definition) is 4. The number of carbonyl (C=O) groups excluding carboxylic acids is 1. The normalized spacial score (nSPS) is 25.0. The fourth-order valence-electron chi connectivity index (χ4n) is 3.93. The van der Waals surface area contributed by atoms with Gasteiger partial charge in [0.25, 0.3) is 5.91 Å². The Bertz CT molecular complexity index is 764. The third-order valence-corrected chi connectivity index (χ3v) is 5.21. The smallest absolute Gasteiger partial charge is 0.254 e. The SMILES string of the molecule is O=C(c1cccc(Oc2ccccc2)c1)N1CCO[C@H]2C[C@H](CO)C[C@@H]21. The molecule has 2 aliphatic rings. The maximum absolute atomic E-state index is 13.1. The lowest BCUT2D eigenvalue weighted by Crippen LogP contribution is -2.51. The van der Waals surface area contributed by atoms with Crippen LogP contribution >= 0.6 is 0 Å². The number of para-hydroxylation sites is 1. The monoisotopic (exact) mass is 353 g/mol. The van der Waals surface area contributed by atoms with E-state index in [-0.39, 0.29) is 30.6 Å². The molecule has 2 aromatic carbocycles. The summed E-state index contributed by atoms with van der Waals surface area (Å²) in [4.78, 5) is 15.0. The summed E-state index contributed by atoms with van der Waals surface area (Å²) >= 11 is 0. The largest absolute Gasteiger partial charge is 0.457 e. The Kier molecular flexibility index (Phi) is 4.91. The zero-order valence-corrected chi connectivity index (χ0v) is 14.6. The van der Waals surface area contributed by atoms with Crippen molar-refractivity contribution in [1.82, 2.24) is 4.90 Å². The zero-order chi connectivity index (χ0) is 17.9. The average Bonchev–Trinajstić information content (AvgIpc) is 3.12. The van der Waals surface area contributed by atoms with Crippen molar-refractivity contribution in [2.75, 3.05) is 19.8 Å². The number of carbonyl (C=O) groups is 1. The standard InChI is InChI=1S/C21H23NO4/c23-14-15-11-19-20(12-15)25-10-9-22(19)21(24)16-5-4-8-18(13-16)26-17-6-2-1-3-7-17/h1-8,13,15,19-20,23H,9-12,14H2/t15-,19+,20+/m1/s1. The average molecular weight is 353 g/mol. The van der Waals surface area contributed by atoms with Gasteiger partial charge in [0.05, 0.1) is 18.8 Å². The van der Waals surface area contributed by atoms with Gasteiger partial charge in [-0.05, 0) is 49.1 Å². The summed E-state index contributed by atoms with van der Waals surface area (Å²) in [5.41, 5.74) is 0.617. The molecule has 136 valence electrons. The van der Waals surface area contributed by atoms with Gasteiger partial charge < -0.3 is 19.5 Å². The Morgan fingerprint density at radius 1 is 1.12 bits per heavy atom. The summed E-state index contributed by atoms with van der Waals surface area (Å²) in [5.74, 6) is 1.60. The van der Waals surface area contributed by atoms with E-state index < -0.39 is 0 Å². The Hall–Kier alpha value is -2.37. The van der Waals surface area contributed by atoms with E-state index in [1.165, 1.54) is 0 Å². The van der Waals surface area contributed by atoms with Crippen molar-refractivity contribution in [2.45, 2.75) is 25.0 Å². The molecule has 2 aromatic rings. The van der Waals surface area contributed by atoms with Crippen molar-refractivity contribution in [2.24, 2.45) is 5.92 Å². The molecule has 26 heavy (non-hydrogen) atoms. The van der Waals surface area contributed by atoms with E-state index in [1.54, 1.807) is 6.07 Å². The van der Waals surface area contributed by atoms with Crippen LogP contribution in [0.4, 0.5) is 0 Å². The number of rotatable bonds is 4. The summed E-state index contributed by atoms with van der Waals surface area (Å²) in [6.07, 6.45) is 1.66. The first kappa shape index (κ1) is 17.1. The highest BCUT2D eigenvalue weighted by Gasteiger charge is 2.42. The maximum Gasteiger partial charge on any atom is 0.254 e. The van der Waals surface area contributed by atoms with Crippen LogP contribution in [-0.2, 0) is 4.74 Å². The fraction of sp³-hybridized carbons (Fsp3) is 0.381. The molecule has 1 aliphatic carbocycles. The molecule has 5 heteroatoms. The van der Waals surface area contributed by atoms with Gasteiger partial charge in [-0.25, -0.2) is 0 Å². The molecule has 0 bridgehead atoms. The van der Waals surface area contributed by atoms with E-state index in [2.05, 4.69) is 0 Å². The first-order valence-corrected chi connectivity index (χ1v) is 9.11. The number of hydrogen-bond donors (Lipinski definition) is 1. The minimum Gasteiger partial charge on any atom is -0.457 e. The number of aliphatic hydroxyl groups excluding tert-OH is 1. The number of benzene rings is 2. The maximum atomic E-state index is 13.1. The molecule has 2 fully saturated rings. The highest BCUT2D eigenvalue weighted by Crippen LogP contribution is 2.35. The lowest BCUT2D eigenvalue weighted by molar-refractivity contribution is -0.0448. The molecule has 3 atom stereocenters. The van der Waals surface area contributed by atoms with Gasteiger partial charge in [0.1, 0.15) is 11.5 Å². The van der Waals surface area contributed by atoms with Crippen LogP contribution in [0, 0.1) is 5.92 Å². The van der Waals surface area contributed by atoms with E-state index in [0.717, 1.165) is 18.6 Å². The van der Waals surface area contributed by atoms with Crippen LogP contribution < -0.4 is 4.74 Å². The second-order valence-electron chi connectivity index (χ2n) is 6.94. The minimum atomic E-state index is 0.000372. The van der Waals surface area contributed by atoms with Gasteiger partial charge in [0.2, 0.25) is 0 Å². The second-order valence-corrected chi connectivity index (χ2v) is 6.94. The van der Waals surface area contributed by atoms with Gasteiger partial charge in [0, 0.05) is 18.7 Å². The minimum absolute atomic E-state index is 0.000372. The molecule has 0 aromatic heterocycles. The Balaban J connectivity index is 1.52. The first-order valence-electron chi connectivity index (χ1n) is 9.11. The molecule has 1 saturated heterocycles. The van der Waals surface area contributed by atoms with Crippen molar-refractivity contribution in [3.05, 3.63) is 60.2 Å². The van der Waals surface area contributed by atoms with E-state index in [4.69, 9.17) is 9.47 Å². The van der Waals surface area contributed by atoms with Crippen molar-refractivity contribution < 1.29 is 19.4 Å². The molecule has 1 heterocycles. The summed E-state index contributed by atoms with van der Waals surface area (Å²) in [7, 11) is 0. The van der Waals surface area contributed by atoms with Crippen LogP contribution in [-0.4, -0.2) is 47.8 Å². The summed E-state index contributed by atoms with van der Waals surface area (Å²) < 4.78 is 11.7. The number of amides is 1. The van der Waals surface area contributed by atoms with Gasteiger partial charge in [-0.1, -0.05) is 24.3 Å². The number of aliphatic hydroxyl groups is 1. The molecule has 0 spiro atoms. The van der Waals surface area contributed by atoms with Gasteiger partial charge in [-0.2, -0.15) is 0 Å². The van der Waals surface area contributed by atoms with Crippen LogP contribution in [0.1, 0.15) is 23.2 Å². The van der Waals surface area contributed by atoms with E-state index in [1.807, 2.05) is 53.4 Å². The number of nitrogens with zero attached hydrogens (tertiary/aromatic N) is 1.